The first kappa shape index (κ1) is 15.1. The molecule has 1 aromatic heterocycles. The molecule has 2 aromatic rings. The smallest absolute Gasteiger partial charge is 0.222 e. The lowest BCUT2D eigenvalue weighted by Crippen LogP contribution is -2.44. The Labute approximate surface area is 131 Å². The fraction of sp³-hybridized carbons (Fsp3) is 0.500. The van der Waals surface area contributed by atoms with Gasteiger partial charge >= 0.3 is 0 Å². The number of carbonyl (C=O) groups is 1. The minimum Gasteiger partial charge on any atom is -0.378 e. The molecule has 0 saturated heterocycles. The third-order valence-electron chi connectivity index (χ3n) is 4.91. The summed E-state index contributed by atoms with van der Waals surface area (Å²) in [5.41, 5.74) is 3.50. The van der Waals surface area contributed by atoms with E-state index < -0.39 is 0 Å². The van der Waals surface area contributed by atoms with Gasteiger partial charge in [0.1, 0.15) is 0 Å². The van der Waals surface area contributed by atoms with Gasteiger partial charge in [-0.1, -0.05) is 18.2 Å². The molecule has 1 aliphatic rings. The summed E-state index contributed by atoms with van der Waals surface area (Å²) in [5.74, 6) is 0.0950. The molecule has 3 rings (SSSR count). The van der Waals surface area contributed by atoms with Crippen molar-refractivity contribution in [1.29, 1.82) is 0 Å². The van der Waals surface area contributed by atoms with Crippen LogP contribution in [0.15, 0.2) is 24.4 Å². The SMILES string of the molecule is COC1(CC(=O)NCCc2c[nH]c3c(C)cccc23)CCC1. The van der Waals surface area contributed by atoms with E-state index in [0.717, 1.165) is 25.7 Å². The van der Waals surface area contributed by atoms with Crippen LogP contribution >= 0.6 is 0 Å². The van der Waals surface area contributed by atoms with E-state index in [2.05, 4.69) is 35.4 Å². The van der Waals surface area contributed by atoms with Gasteiger partial charge < -0.3 is 15.0 Å². The van der Waals surface area contributed by atoms with Gasteiger partial charge in [0.25, 0.3) is 0 Å². The van der Waals surface area contributed by atoms with Crippen LogP contribution in [-0.4, -0.2) is 30.1 Å². The van der Waals surface area contributed by atoms with Crippen molar-refractivity contribution in [3.05, 3.63) is 35.5 Å². The molecule has 0 unspecified atom stereocenters. The van der Waals surface area contributed by atoms with Gasteiger partial charge in [0.15, 0.2) is 0 Å². The lowest BCUT2D eigenvalue weighted by Gasteiger charge is -2.39. The standard InChI is InChI=1S/C18H24N2O2/c1-13-5-3-6-15-14(12-20-17(13)15)7-10-19-16(21)11-18(22-2)8-4-9-18/h3,5-6,12,20H,4,7-11H2,1-2H3,(H,19,21). The molecule has 0 aliphatic heterocycles. The molecule has 0 radical (unpaired) electrons. The summed E-state index contributed by atoms with van der Waals surface area (Å²) >= 11 is 0. The van der Waals surface area contributed by atoms with Crippen molar-refractivity contribution < 1.29 is 9.53 Å². The summed E-state index contributed by atoms with van der Waals surface area (Å²) in [6.07, 6.45) is 6.53. The highest BCUT2D eigenvalue weighted by Gasteiger charge is 2.38. The lowest BCUT2D eigenvalue weighted by molar-refractivity contribution is -0.134. The van der Waals surface area contributed by atoms with Gasteiger partial charge in [0, 0.05) is 30.8 Å². The molecule has 1 fully saturated rings. The van der Waals surface area contributed by atoms with E-state index in [1.54, 1.807) is 7.11 Å². The first-order chi connectivity index (χ1) is 10.6. The number of fused-ring (bicyclic) bond motifs is 1. The second-order valence-corrected chi connectivity index (χ2v) is 6.33. The summed E-state index contributed by atoms with van der Waals surface area (Å²) in [6.45, 7) is 2.77. The Kier molecular flexibility index (Phi) is 4.21. The fourth-order valence-corrected chi connectivity index (χ4v) is 3.29. The second-order valence-electron chi connectivity index (χ2n) is 6.33. The van der Waals surface area contributed by atoms with Crippen molar-refractivity contribution in [3.63, 3.8) is 0 Å². The van der Waals surface area contributed by atoms with E-state index in [4.69, 9.17) is 4.74 Å². The predicted octanol–water partition coefficient (Wildman–Crippen LogP) is 3.09. The van der Waals surface area contributed by atoms with Crippen LogP contribution in [0.25, 0.3) is 10.9 Å². The highest BCUT2D eigenvalue weighted by Crippen LogP contribution is 2.37. The number of hydrogen-bond acceptors (Lipinski definition) is 2. The van der Waals surface area contributed by atoms with Crippen LogP contribution in [0.5, 0.6) is 0 Å². The van der Waals surface area contributed by atoms with Crippen LogP contribution in [-0.2, 0) is 16.0 Å². The summed E-state index contributed by atoms with van der Waals surface area (Å²) in [5, 5.41) is 4.28. The average molecular weight is 300 g/mol. The molecule has 4 nitrogen and oxygen atoms in total. The van der Waals surface area contributed by atoms with Crippen LogP contribution in [0.2, 0.25) is 0 Å². The number of ether oxygens (including phenoxy) is 1. The Balaban J connectivity index is 1.54. The van der Waals surface area contributed by atoms with E-state index in [9.17, 15) is 4.79 Å². The molecular formula is C18H24N2O2. The van der Waals surface area contributed by atoms with E-state index in [-0.39, 0.29) is 11.5 Å². The number of carbonyl (C=O) groups excluding carboxylic acids is 1. The zero-order chi connectivity index (χ0) is 15.6. The topological polar surface area (TPSA) is 54.1 Å². The maximum absolute atomic E-state index is 12.1. The third-order valence-corrected chi connectivity index (χ3v) is 4.91. The summed E-state index contributed by atoms with van der Waals surface area (Å²) < 4.78 is 5.50. The van der Waals surface area contributed by atoms with E-state index in [0.29, 0.717) is 13.0 Å². The Morgan fingerprint density at radius 2 is 2.23 bits per heavy atom. The quantitative estimate of drug-likeness (QED) is 0.861. The van der Waals surface area contributed by atoms with Crippen LogP contribution < -0.4 is 5.32 Å². The molecule has 118 valence electrons. The van der Waals surface area contributed by atoms with Gasteiger partial charge in [0.05, 0.1) is 12.0 Å². The maximum atomic E-state index is 12.1. The maximum Gasteiger partial charge on any atom is 0.222 e. The fourth-order valence-electron chi connectivity index (χ4n) is 3.29. The molecule has 1 aliphatic carbocycles. The van der Waals surface area contributed by atoms with Gasteiger partial charge in [-0.25, -0.2) is 0 Å². The van der Waals surface area contributed by atoms with Crippen LogP contribution in [0.3, 0.4) is 0 Å². The lowest BCUT2D eigenvalue weighted by atomic mass is 9.77. The number of aryl methyl sites for hydroxylation is 1. The number of aromatic amines is 1. The number of rotatable bonds is 6. The minimum atomic E-state index is -0.192. The number of para-hydroxylation sites is 1. The number of hydrogen-bond donors (Lipinski definition) is 2. The number of methoxy groups -OCH3 is 1. The largest absolute Gasteiger partial charge is 0.378 e. The Morgan fingerprint density at radius 1 is 1.41 bits per heavy atom. The molecule has 1 heterocycles. The molecule has 0 bridgehead atoms. The summed E-state index contributed by atoms with van der Waals surface area (Å²) in [6, 6.07) is 6.31. The normalized spacial score (nSPS) is 16.5. The first-order valence-electron chi connectivity index (χ1n) is 8.01. The number of amides is 1. The summed E-state index contributed by atoms with van der Waals surface area (Å²) in [7, 11) is 1.71. The average Bonchev–Trinajstić information content (AvgIpc) is 2.88. The third kappa shape index (κ3) is 2.88. The zero-order valence-electron chi connectivity index (χ0n) is 13.4. The van der Waals surface area contributed by atoms with Gasteiger partial charge in [-0.3, -0.25) is 4.79 Å². The van der Waals surface area contributed by atoms with Crippen molar-refractivity contribution in [1.82, 2.24) is 10.3 Å². The number of benzene rings is 1. The van der Waals surface area contributed by atoms with Gasteiger partial charge in [-0.05, 0) is 43.7 Å². The van der Waals surface area contributed by atoms with Crippen molar-refractivity contribution >= 4 is 16.8 Å². The van der Waals surface area contributed by atoms with Crippen molar-refractivity contribution in [2.75, 3.05) is 13.7 Å². The van der Waals surface area contributed by atoms with Gasteiger partial charge in [-0.2, -0.15) is 0 Å². The molecule has 1 saturated carbocycles. The Morgan fingerprint density at radius 3 is 2.91 bits per heavy atom. The van der Waals surface area contributed by atoms with Crippen molar-refractivity contribution in [2.45, 2.75) is 44.6 Å². The minimum absolute atomic E-state index is 0.0950. The van der Waals surface area contributed by atoms with Crippen molar-refractivity contribution in [3.8, 4) is 0 Å². The highest BCUT2D eigenvalue weighted by molar-refractivity contribution is 5.86. The molecule has 2 N–H and O–H groups in total. The van der Waals surface area contributed by atoms with Gasteiger partial charge in [0.2, 0.25) is 5.91 Å². The second kappa shape index (κ2) is 6.13. The molecule has 1 amide bonds. The van der Waals surface area contributed by atoms with Crippen LogP contribution in [0.1, 0.15) is 36.8 Å². The summed E-state index contributed by atoms with van der Waals surface area (Å²) in [4.78, 5) is 15.4. The van der Waals surface area contributed by atoms with Crippen LogP contribution in [0.4, 0.5) is 0 Å². The number of aromatic nitrogens is 1. The van der Waals surface area contributed by atoms with E-state index >= 15 is 0 Å². The molecule has 1 aromatic carbocycles. The van der Waals surface area contributed by atoms with Crippen LogP contribution in [0, 0.1) is 6.92 Å². The predicted molar refractivity (Wildman–Crippen MR) is 88.0 cm³/mol. The first-order valence-corrected chi connectivity index (χ1v) is 8.01. The van der Waals surface area contributed by atoms with E-state index in [1.165, 1.54) is 22.0 Å². The molecule has 22 heavy (non-hydrogen) atoms. The Hall–Kier alpha value is -1.81. The van der Waals surface area contributed by atoms with Crippen molar-refractivity contribution in [2.24, 2.45) is 0 Å². The monoisotopic (exact) mass is 300 g/mol. The molecule has 0 spiro atoms. The molecular weight excluding hydrogens is 276 g/mol. The molecule has 0 atom stereocenters. The number of nitrogens with one attached hydrogen (secondary N) is 2. The Bertz CT molecular complexity index is 665. The van der Waals surface area contributed by atoms with E-state index in [1.807, 2.05) is 6.20 Å². The van der Waals surface area contributed by atoms with Gasteiger partial charge in [-0.15, -0.1) is 0 Å². The zero-order valence-corrected chi connectivity index (χ0v) is 13.4. The number of H-pyrrole nitrogens is 1. The molecule has 4 heteroatoms. The highest BCUT2D eigenvalue weighted by atomic mass is 16.5.